The molecule has 1 saturated carbocycles. The molecule has 3 nitrogen and oxygen atoms in total. The van der Waals surface area contributed by atoms with Gasteiger partial charge >= 0.3 is 0 Å². The van der Waals surface area contributed by atoms with Crippen LogP contribution in [0.5, 0.6) is 0 Å². The van der Waals surface area contributed by atoms with Gasteiger partial charge in [0.05, 0.1) is 0 Å². The van der Waals surface area contributed by atoms with E-state index in [0.717, 1.165) is 12.2 Å². The third-order valence-electron chi connectivity index (χ3n) is 3.97. The van der Waals surface area contributed by atoms with Gasteiger partial charge in [0.1, 0.15) is 5.25 Å². The molecule has 0 saturated heterocycles. The molecule has 2 aliphatic rings. The van der Waals surface area contributed by atoms with Gasteiger partial charge in [0.25, 0.3) is 0 Å². The van der Waals surface area contributed by atoms with Crippen LogP contribution in [0.4, 0.5) is 0 Å². The molecule has 1 heterocycles. The minimum Gasteiger partial charge on any atom is -0.353 e. The van der Waals surface area contributed by atoms with Crippen molar-refractivity contribution < 1.29 is 4.79 Å². The molecule has 0 bridgehead atoms. The normalized spacial score (nSPS) is 22.4. The largest absolute Gasteiger partial charge is 0.353 e. The Morgan fingerprint density at radius 1 is 1.40 bits per heavy atom. The van der Waals surface area contributed by atoms with Crippen LogP contribution in [-0.2, 0) is 11.2 Å². The van der Waals surface area contributed by atoms with Crippen LogP contribution < -0.4 is 11.1 Å². The number of hydrogen-bond acceptors (Lipinski definition) is 3. The molecule has 3 N–H and O–H groups in total. The van der Waals surface area contributed by atoms with E-state index in [-0.39, 0.29) is 29.6 Å². The smallest absolute Gasteiger partial charge is 0.237 e. The molecule has 1 aromatic rings. The molecule has 20 heavy (non-hydrogen) atoms. The van der Waals surface area contributed by atoms with Gasteiger partial charge in [-0.15, -0.1) is 24.2 Å². The first-order valence-electron chi connectivity index (χ1n) is 6.98. The lowest BCUT2D eigenvalue weighted by atomic mass is 10.0. The van der Waals surface area contributed by atoms with Gasteiger partial charge in [-0.3, -0.25) is 4.79 Å². The highest BCUT2D eigenvalue weighted by molar-refractivity contribution is 8.00. The Balaban J connectivity index is 0.00000147. The van der Waals surface area contributed by atoms with E-state index >= 15 is 0 Å². The van der Waals surface area contributed by atoms with Crippen molar-refractivity contribution in [1.82, 2.24) is 5.32 Å². The van der Waals surface area contributed by atoms with Crippen LogP contribution in [0.1, 0.15) is 29.2 Å². The van der Waals surface area contributed by atoms with E-state index in [2.05, 4.69) is 17.4 Å². The highest BCUT2D eigenvalue weighted by Crippen LogP contribution is 2.37. The molecule has 2 atom stereocenters. The van der Waals surface area contributed by atoms with Gasteiger partial charge in [0, 0.05) is 12.6 Å². The number of thioether (sulfide) groups is 1. The van der Waals surface area contributed by atoms with Crippen LogP contribution in [-0.4, -0.2) is 24.2 Å². The van der Waals surface area contributed by atoms with E-state index in [4.69, 9.17) is 5.73 Å². The summed E-state index contributed by atoms with van der Waals surface area (Å²) < 4.78 is 0. The van der Waals surface area contributed by atoms with E-state index in [1.165, 1.54) is 24.0 Å². The molecule has 1 aliphatic carbocycles. The van der Waals surface area contributed by atoms with Gasteiger partial charge in [-0.2, -0.15) is 0 Å². The summed E-state index contributed by atoms with van der Waals surface area (Å²) in [4.78, 5) is 12.3. The minimum atomic E-state index is -0.0589. The second kappa shape index (κ2) is 6.83. The van der Waals surface area contributed by atoms with Crippen molar-refractivity contribution in [2.45, 2.75) is 30.6 Å². The van der Waals surface area contributed by atoms with Gasteiger partial charge < -0.3 is 11.1 Å². The van der Waals surface area contributed by atoms with Gasteiger partial charge in [-0.25, -0.2) is 0 Å². The first kappa shape index (κ1) is 15.7. The van der Waals surface area contributed by atoms with Crippen molar-refractivity contribution in [3.63, 3.8) is 0 Å². The van der Waals surface area contributed by atoms with Gasteiger partial charge in [0.15, 0.2) is 0 Å². The Labute approximate surface area is 130 Å². The number of hydrogen-bond donors (Lipinski definition) is 2. The van der Waals surface area contributed by atoms with E-state index in [9.17, 15) is 4.79 Å². The van der Waals surface area contributed by atoms with Gasteiger partial charge in [-0.1, -0.05) is 24.3 Å². The van der Waals surface area contributed by atoms with E-state index in [1.54, 1.807) is 11.8 Å². The van der Waals surface area contributed by atoms with Crippen LogP contribution in [0.3, 0.4) is 0 Å². The summed E-state index contributed by atoms with van der Waals surface area (Å²) in [5.74, 6) is 1.77. The summed E-state index contributed by atoms with van der Waals surface area (Å²) in [6.45, 7) is 0.614. The van der Waals surface area contributed by atoms with E-state index in [0.29, 0.717) is 12.5 Å². The Kier molecular flexibility index (Phi) is 5.35. The van der Waals surface area contributed by atoms with Crippen molar-refractivity contribution in [3.05, 3.63) is 35.4 Å². The van der Waals surface area contributed by atoms with Crippen molar-refractivity contribution in [2.24, 2.45) is 11.7 Å². The van der Waals surface area contributed by atoms with Crippen LogP contribution >= 0.6 is 24.2 Å². The number of carbonyl (C=O) groups is 1. The number of nitrogens with one attached hydrogen (secondary N) is 1. The maximum atomic E-state index is 12.3. The molecule has 1 aromatic carbocycles. The van der Waals surface area contributed by atoms with Crippen molar-refractivity contribution >= 4 is 30.1 Å². The molecule has 2 unspecified atom stereocenters. The maximum Gasteiger partial charge on any atom is 0.237 e. The third kappa shape index (κ3) is 3.48. The molecule has 3 rings (SSSR count). The van der Waals surface area contributed by atoms with Crippen molar-refractivity contribution in [3.8, 4) is 0 Å². The van der Waals surface area contributed by atoms with E-state index in [1.807, 2.05) is 12.1 Å². The number of carbonyl (C=O) groups excluding carboxylic acids is 1. The lowest BCUT2D eigenvalue weighted by molar-refractivity contribution is -0.120. The molecule has 1 aliphatic heterocycles. The summed E-state index contributed by atoms with van der Waals surface area (Å²) in [6.07, 6.45) is 3.50. The number of aryl methyl sites for hydroxylation is 1. The Morgan fingerprint density at radius 3 is 2.90 bits per heavy atom. The highest BCUT2D eigenvalue weighted by Gasteiger charge is 2.30. The maximum absolute atomic E-state index is 12.3. The lowest BCUT2D eigenvalue weighted by Gasteiger charge is -2.24. The fourth-order valence-corrected chi connectivity index (χ4v) is 3.83. The lowest BCUT2D eigenvalue weighted by Crippen LogP contribution is -2.40. The quantitative estimate of drug-likeness (QED) is 0.897. The average molecular weight is 313 g/mol. The number of fused-ring (bicyclic) bond motifs is 1. The highest BCUT2D eigenvalue weighted by atomic mass is 35.5. The summed E-state index contributed by atoms with van der Waals surface area (Å²) in [6, 6.07) is 8.40. The number of benzene rings is 1. The molecule has 1 fully saturated rings. The number of amides is 1. The van der Waals surface area contributed by atoms with Crippen LogP contribution in [0, 0.1) is 5.92 Å². The molecule has 0 aromatic heterocycles. The van der Waals surface area contributed by atoms with Crippen LogP contribution in [0.15, 0.2) is 24.3 Å². The van der Waals surface area contributed by atoms with Crippen molar-refractivity contribution in [1.29, 1.82) is 0 Å². The zero-order valence-electron chi connectivity index (χ0n) is 11.4. The molecule has 0 radical (unpaired) electrons. The fraction of sp³-hybridized carbons (Fsp3) is 0.533. The molecule has 110 valence electrons. The predicted molar refractivity (Wildman–Crippen MR) is 86.3 cm³/mol. The number of rotatable bonds is 4. The summed E-state index contributed by atoms with van der Waals surface area (Å²) in [5.41, 5.74) is 8.52. The summed E-state index contributed by atoms with van der Waals surface area (Å²) in [7, 11) is 0. The zero-order chi connectivity index (χ0) is 13.2. The van der Waals surface area contributed by atoms with Crippen LogP contribution in [0.25, 0.3) is 0 Å². The first-order chi connectivity index (χ1) is 9.25. The average Bonchev–Trinajstić information content (AvgIpc) is 3.28. The zero-order valence-corrected chi connectivity index (χ0v) is 13.0. The van der Waals surface area contributed by atoms with E-state index < -0.39 is 0 Å². The second-order valence-corrected chi connectivity index (χ2v) is 6.66. The summed E-state index contributed by atoms with van der Waals surface area (Å²) in [5, 5.41) is 2.97. The third-order valence-corrected chi connectivity index (χ3v) is 5.21. The predicted octanol–water partition coefficient (Wildman–Crippen LogP) is 2.29. The number of halogens is 1. The first-order valence-corrected chi connectivity index (χ1v) is 8.03. The molecule has 5 heteroatoms. The SMILES string of the molecule is Cl.NC(CNC(=O)C1SCCc2ccccc21)C1CC1. The Morgan fingerprint density at radius 2 is 2.15 bits per heavy atom. The second-order valence-electron chi connectivity index (χ2n) is 5.45. The van der Waals surface area contributed by atoms with Gasteiger partial charge in [-0.05, 0) is 42.1 Å². The Hall–Kier alpha value is -0.710. The number of nitrogens with two attached hydrogens (primary N) is 1. The minimum absolute atomic E-state index is 0. The molecule has 1 amide bonds. The molecule has 0 spiro atoms. The standard InChI is InChI=1S/C15H20N2OS.ClH/c16-13(11-5-6-11)9-17-15(18)14-12-4-2-1-3-10(12)7-8-19-14;/h1-4,11,13-14H,5-9,16H2,(H,17,18);1H. The Bertz CT molecular complexity index is 479. The van der Waals surface area contributed by atoms with Crippen molar-refractivity contribution in [2.75, 3.05) is 12.3 Å². The topological polar surface area (TPSA) is 55.1 Å². The fourth-order valence-electron chi connectivity index (χ4n) is 2.61. The molecular weight excluding hydrogens is 292 g/mol. The van der Waals surface area contributed by atoms with Gasteiger partial charge in [0.2, 0.25) is 5.91 Å². The van der Waals surface area contributed by atoms with Crippen LogP contribution in [0.2, 0.25) is 0 Å². The molecular formula is C15H21ClN2OS. The monoisotopic (exact) mass is 312 g/mol. The summed E-state index contributed by atoms with van der Waals surface area (Å²) >= 11 is 1.74.